The molecular formula is C28H20N2O. The first kappa shape index (κ1) is 18.8. The van der Waals surface area contributed by atoms with Gasteiger partial charge in [0, 0.05) is 33.8 Å². The Morgan fingerprint density at radius 1 is 0.710 bits per heavy atom. The van der Waals surface area contributed by atoms with Gasteiger partial charge < -0.3 is 4.57 Å². The normalized spacial score (nSPS) is 11.5. The summed E-state index contributed by atoms with van der Waals surface area (Å²) in [6, 6.07) is 36.0. The molecule has 3 nitrogen and oxygen atoms in total. The molecule has 0 aliphatic heterocycles. The fraction of sp³-hybridized carbons (Fsp3) is 0. The number of nitrogens with zero attached hydrogens (tertiary/aromatic N) is 2. The van der Waals surface area contributed by atoms with E-state index in [4.69, 9.17) is 4.99 Å². The van der Waals surface area contributed by atoms with E-state index in [9.17, 15) is 4.79 Å². The molecular weight excluding hydrogens is 380 g/mol. The van der Waals surface area contributed by atoms with Gasteiger partial charge >= 0.3 is 0 Å². The SMILES string of the molecule is O=Cc1ccccc1C(=Nc1ccccc1)c1c2ccccc2cn1-c1ccccc1. The van der Waals surface area contributed by atoms with E-state index in [1.165, 1.54) is 0 Å². The van der Waals surface area contributed by atoms with Crippen molar-refractivity contribution in [3.8, 4) is 5.69 Å². The summed E-state index contributed by atoms with van der Waals surface area (Å²) < 4.78 is 2.16. The molecule has 31 heavy (non-hydrogen) atoms. The maximum absolute atomic E-state index is 11.9. The predicted octanol–water partition coefficient (Wildman–Crippen LogP) is 6.61. The molecule has 0 fully saturated rings. The highest BCUT2D eigenvalue weighted by molar-refractivity contribution is 6.22. The van der Waals surface area contributed by atoms with Crippen LogP contribution in [0.2, 0.25) is 0 Å². The highest BCUT2D eigenvalue weighted by atomic mass is 16.1. The van der Waals surface area contributed by atoms with Crippen LogP contribution >= 0.6 is 0 Å². The van der Waals surface area contributed by atoms with Crippen LogP contribution in [0, 0.1) is 0 Å². The Morgan fingerprint density at radius 2 is 1.35 bits per heavy atom. The van der Waals surface area contributed by atoms with Crippen molar-refractivity contribution >= 4 is 28.5 Å². The molecule has 0 amide bonds. The fourth-order valence-electron chi connectivity index (χ4n) is 3.88. The minimum Gasteiger partial charge on any atom is -0.314 e. The van der Waals surface area contributed by atoms with Crippen LogP contribution in [0.25, 0.3) is 16.5 Å². The lowest BCUT2D eigenvalue weighted by Gasteiger charge is -2.14. The minimum atomic E-state index is 0.613. The lowest BCUT2D eigenvalue weighted by Crippen LogP contribution is -2.12. The first-order valence-electron chi connectivity index (χ1n) is 10.2. The maximum Gasteiger partial charge on any atom is 0.150 e. The first-order valence-corrected chi connectivity index (χ1v) is 10.2. The Kier molecular flexibility index (Phi) is 4.99. The zero-order valence-corrected chi connectivity index (χ0v) is 16.8. The molecule has 0 unspecified atom stereocenters. The number of para-hydroxylation sites is 2. The molecule has 0 bridgehead atoms. The molecule has 0 atom stereocenters. The summed E-state index contributed by atoms with van der Waals surface area (Å²) in [6.07, 6.45) is 3.03. The van der Waals surface area contributed by atoms with E-state index in [-0.39, 0.29) is 0 Å². The Bertz CT molecular complexity index is 1380. The standard InChI is InChI=1S/C28H20N2O/c31-20-22-12-8-9-17-25(22)27(29-23-13-3-1-4-14-23)28-26-18-10-7-11-21(26)19-30(28)24-15-5-2-6-16-24/h1-20H. The molecule has 5 aromatic rings. The van der Waals surface area contributed by atoms with Crippen LogP contribution in [-0.4, -0.2) is 16.6 Å². The zero-order chi connectivity index (χ0) is 21.0. The Labute approximate surface area is 180 Å². The van der Waals surface area contributed by atoms with Gasteiger partial charge in [-0.15, -0.1) is 0 Å². The second-order valence-corrected chi connectivity index (χ2v) is 7.27. The summed E-state index contributed by atoms with van der Waals surface area (Å²) >= 11 is 0. The van der Waals surface area contributed by atoms with Crippen molar-refractivity contribution in [2.75, 3.05) is 0 Å². The highest BCUT2D eigenvalue weighted by Gasteiger charge is 2.20. The quantitative estimate of drug-likeness (QED) is 0.241. The highest BCUT2D eigenvalue weighted by Crippen LogP contribution is 2.29. The van der Waals surface area contributed by atoms with Crippen LogP contribution in [-0.2, 0) is 0 Å². The van der Waals surface area contributed by atoms with Crippen LogP contribution in [0.5, 0.6) is 0 Å². The summed E-state index contributed by atoms with van der Waals surface area (Å²) in [7, 11) is 0. The molecule has 0 aliphatic rings. The predicted molar refractivity (Wildman–Crippen MR) is 127 cm³/mol. The van der Waals surface area contributed by atoms with Crippen molar-refractivity contribution in [3.63, 3.8) is 0 Å². The zero-order valence-electron chi connectivity index (χ0n) is 16.8. The van der Waals surface area contributed by atoms with E-state index in [1.54, 1.807) is 0 Å². The average molecular weight is 400 g/mol. The third-order valence-electron chi connectivity index (χ3n) is 5.32. The Hall–Kier alpha value is -4.24. The van der Waals surface area contributed by atoms with Crippen molar-refractivity contribution < 1.29 is 4.79 Å². The smallest absolute Gasteiger partial charge is 0.150 e. The summed E-state index contributed by atoms with van der Waals surface area (Å²) in [4.78, 5) is 17.0. The second kappa shape index (κ2) is 8.25. The summed E-state index contributed by atoms with van der Waals surface area (Å²) in [5, 5.41) is 2.20. The van der Waals surface area contributed by atoms with E-state index < -0.39 is 0 Å². The molecule has 0 saturated heterocycles. The number of aromatic nitrogens is 1. The number of aldehydes is 1. The molecule has 1 aromatic heterocycles. The molecule has 3 heteroatoms. The van der Waals surface area contributed by atoms with Crippen molar-refractivity contribution in [2.45, 2.75) is 0 Å². The van der Waals surface area contributed by atoms with Gasteiger partial charge in [-0.3, -0.25) is 4.79 Å². The topological polar surface area (TPSA) is 34.4 Å². The van der Waals surface area contributed by atoms with E-state index in [1.807, 2.05) is 84.9 Å². The molecule has 148 valence electrons. The number of benzene rings is 4. The van der Waals surface area contributed by atoms with Crippen LogP contribution in [0.1, 0.15) is 21.6 Å². The van der Waals surface area contributed by atoms with Crippen molar-refractivity contribution in [3.05, 3.63) is 132 Å². The van der Waals surface area contributed by atoms with Gasteiger partial charge in [0.1, 0.15) is 0 Å². The summed E-state index contributed by atoms with van der Waals surface area (Å²) in [5.41, 5.74) is 5.02. The third-order valence-corrected chi connectivity index (χ3v) is 5.32. The number of fused-ring (bicyclic) bond motifs is 1. The summed E-state index contributed by atoms with van der Waals surface area (Å²) in [6.45, 7) is 0. The lowest BCUT2D eigenvalue weighted by molar-refractivity contribution is 0.112. The minimum absolute atomic E-state index is 0.613. The maximum atomic E-state index is 11.9. The van der Waals surface area contributed by atoms with Crippen LogP contribution < -0.4 is 0 Å². The number of hydrogen-bond acceptors (Lipinski definition) is 2. The molecule has 5 rings (SSSR count). The Balaban J connectivity index is 1.88. The average Bonchev–Trinajstić information content (AvgIpc) is 3.23. The molecule has 4 aromatic carbocycles. The molecule has 1 heterocycles. The molecule has 0 saturated carbocycles. The third kappa shape index (κ3) is 3.58. The van der Waals surface area contributed by atoms with E-state index in [0.717, 1.165) is 45.4 Å². The van der Waals surface area contributed by atoms with E-state index in [2.05, 4.69) is 35.0 Å². The second-order valence-electron chi connectivity index (χ2n) is 7.27. The largest absolute Gasteiger partial charge is 0.314 e. The van der Waals surface area contributed by atoms with Gasteiger partial charge in [-0.1, -0.05) is 84.9 Å². The number of aliphatic imine (C=N–C) groups is 1. The fourth-order valence-corrected chi connectivity index (χ4v) is 3.88. The van der Waals surface area contributed by atoms with Crippen molar-refractivity contribution in [1.82, 2.24) is 4.57 Å². The van der Waals surface area contributed by atoms with Gasteiger partial charge in [0.2, 0.25) is 0 Å². The number of carbonyl (C=O) groups is 1. The van der Waals surface area contributed by atoms with Crippen LogP contribution in [0.15, 0.2) is 120 Å². The van der Waals surface area contributed by atoms with Gasteiger partial charge in [0.15, 0.2) is 6.29 Å². The first-order chi connectivity index (χ1) is 15.3. The monoisotopic (exact) mass is 400 g/mol. The number of hydrogen-bond donors (Lipinski definition) is 0. The van der Waals surface area contributed by atoms with E-state index >= 15 is 0 Å². The Morgan fingerprint density at radius 3 is 2.13 bits per heavy atom. The van der Waals surface area contributed by atoms with Crippen LogP contribution in [0.4, 0.5) is 5.69 Å². The van der Waals surface area contributed by atoms with Gasteiger partial charge in [0.25, 0.3) is 0 Å². The van der Waals surface area contributed by atoms with Gasteiger partial charge in [0.05, 0.1) is 17.1 Å². The number of carbonyl (C=O) groups excluding carboxylic acids is 1. The van der Waals surface area contributed by atoms with E-state index in [0.29, 0.717) is 5.56 Å². The van der Waals surface area contributed by atoms with Crippen molar-refractivity contribution in [1.29, 1.82) is 0 Å². The molecule has 0 spiro atoms. The molecule has 0 N–H and O–H groups in total. The lowest BCUT2D eigenvalue weighted by atomic mass is 9.99. The molecule has 0 radical (unpaired) electrons. The number of rotatable bonds is 5. The van der Waals surface area contributed by atoms with Crippen molar-refractivity contribution in [2.24, 2.45) is 4.99 Å². The van der Waals surface area contributed by atoms with Gasteiger partial charge in [-0.05, 0) is 24.3 Å². The van der Waals surface area contributed by atoms with Gasteiger partial charge in [-0.2, -0.15) is 0 Å². The summed E-state index contributed by atoms with van der Waals surface area (Å²) in [5.74, 6) is 0. The van der Waals surface area contributed by atoms with Gasteiger partial charge in [-0.25, -0.2) is 4.99 Å². The molecule has 0 aliphatic carbocycles. The van der Waals surface area contributed by atoms with Crippen LogP contribution in [0.3, 0.4) is 0 Å².